The van der Waals surface area contributed by atoms with Gasteiger partial charge in [-0.1, -0.05) is 0 Å². The second kappa shape index (κ2) is 4.63. The highest BCUT2D eigenvalue weighted by Gasteiger charge is 2.15. The fraction of sp³-hybridized carbons (Fsp3) is 0.875. The van der Waals surface area contributed by atoms with Crippen molar-refractivity contribution in [1.29, 1.82) is 5.26 Å². The van der Waals surface area contributed by atoms with Crippen LogP contribution in [0.3, 0.4) is 0 Å². The number of nitriles is 1. The van der Waals surface area contributed by atoms with Crippen molar-refractivity contribution in [1.82, 2.24) is 5.32 Å². The van der Waals surface area contributed by atoms with Crippen LogP contribution in [-0.4, -0.2) is 24.1 Å². The molecule has 0 amide bonds. The van der Waals surface area contributed by atoms with Crippen molar-refractivity contribution in [2.75, 3.05) is 18.1 Å². The minimum Gasteiger partial charge on any atom is -0.302 e. The molecule has 1 heterocycles. The largest absolute Gasteiger partial charge is 0.302 e. The van der Waals surface area contributed by atoms with Gasteiger partial charge in [-0.3, -0.25) is 0 Å². The molecule has 11 heavy (non-hydrogen) atoms. The fourth-order valence-electron chi connectivity index (χ4n) is 1.13. The number of thioether (sulfide) groups is 1. The summed E-state index contributed by atoms with van der Waals surface area (Å²) in [7, 11) is 0. The molecule has 1 aliphatic heterocycles. The van der Waals surface area contributed by atoms with Gasteiger partial charge in [0.2, 0.25) is 0 Å². The van der Waals surface area contributed by atoms with Crippen LogP contribution in [-0.2, 0) is 0 Å². The second-order valence-electron chi connectivity index (χ2n) is 2.99. The lowest BCUT2D eigenvalue weighted by Gasteiger charge is -2.10. The molecular formula is C8H14N2S. The molecule has 1 fully saturated rings. The summed E-state index contributed by atoms with van der Waals surface area (Å²) in [5.74, 6) is 3.37. The number of nitrogens with zero attached hydrogens (tertiary/aromatic N) is 1. The lowest BCUT2D eigenvalue weighted by atomic mass is 10.1. The number of nitrogens with one attached hydrogen (secondary N) is 1. The Kier molecular flexibility index (Phi) is 3.74. The zero-order valence-corrected chi connectivity index (χ0v) is 7.66. The second-order valence-corrected chi connectivity index (χ2v) is 4.14. The highest BCUT2D eigenvalue weighted by Crippen LogP contribution is 2.22. The average Bonchev–Trinajstić information content (AvgIpc) is 2.52. The standard InChI is InChI=1S/C8H14N2S/c1-7(4-9)10-5-8-2-3-11-6-8/h7-8,10H,2-3,5-6H2,1H3. The van der Waals surface area contributed by atoms with E-state index in [0.29, 0.717) is 0 Å². The van der Waals surface area contributed by atoms with Gasteiger partial charge in [0.05, 0.1) is 12.1 Å². The predicted molar refractivity (Wildman–Crippen MR) is 48.5 cm³/mol. The Hall–Kier alpha value is -0.200. The van der Waals surface area contributed by atoms with E-state index in [4.69, 9.17) is 5.26 Å². The SMILES string of the molecule is CC(C#N)NCC1CCSC1. The van der Waals surface area contributed by atoms with Crippen LogP contribution in [0.25, 0.3) is 0 Å². The van der Waals surface area contributed by atoms with E-state index in [0.717, 1.165) is 12.5 Å². The predicted octanol–water partition coefficient (Wildman–Crippen LogP) is 1.24. The molecule has 0 aromatic rings. The molecule has 0 radical (unpaired) electrons. The first-order valence-electron chi connectivity index (χ1n) is 4.03. The Balaban J connectivity index is 2.07. The summed E-state index contributed by atoms with van der Waals surface area (Å²) in [6, 6.07) is 2.19. The third kappa shape index (κ3) is 3.13. The lowest BCUT2D eigenvalue weighted by molar-refractivity contribution is 0.507. The summed E-state index contributed by atoms with van der Waals surface area (Å²) < 4.78 is 0. The summed E-state index contributed by atoms with van der Waals surface area (Å²) in [4.78, 5) is 0. The van der Waals surface area contributed by atoms with E-state index >= 15 is 0 Å². The number of rotatable bonds is 3. The van der Waals surface area contributed by atoms with Crippen LogP contribution >= 0.6 is 11.8 Å². The van der Waals surface area contributed by atoms with E-state index in [1.165, 1.54) is 17.9 Å². The maximum absolute atomic E-state index is 8.49. The molecule has 2 nitrogen and oxygen atoms in total. The van der Waals surface area contributed by atoms with Crippen molar-refractivity contribution in [2.45, 2.75) is 19.4 Å². The van der Waals surface area contributed by atoms with E-state index in [9.17, 15) is 0 Å². The zero-order chi connectivity index (χ0) is 8.10. The van der Waals surface area contributed by atoms with Gasteiger partial charge in [-0.15, -0.1) is 0 Å². The third-order valence-corrected chi connectivity index (χ3v) is 3.16. The summed E-state index contributed by atoms with van der Waals surface area (Å²) in [5, 5.41) is 11.7. The normalized spacial score (nSPS) is 26.4. The van der Waals surface area contributed by atoms with Crippen LogP contribution in [0.2, 0.25) is 0 Å². The molecule has 0 aromatic carbocycles. The van der Waals surface area contributed by atoms with Crippen molar-refractivity contribution < 1.29 is 0 Å². The van der Waals surface area contributed by atoms with Crippen molar-refractivity contribution in [3.8, 4) is 6.07 Å². The van der Waals surface area contributed by atoms with Crippen molar-refractivity contribution >= 4 is 11.8 Å². The van der Waals surface area contributed by atoms with Crippen molar-refractivity contribution in [3.05, 3.63) is 0 Å². The molecule has 0 spiro atoms. The first-order chi connectivity index (χ1) is 5.33. The van der Waals surface area contributed by atoms with Crippen molar-refractivity contribution in [3.63, 3.8) is 0 Å². The van der Waals surface area contributed by atoms with Crippen LogP contribution in [0.5, 0.6) is 0 Å². The smallest absolute Gasteiger partial charge is 0.0924 e. The minimum atomic E-state index is 0.0144. The van der Waals surface area contributed by atoms with Crippen LogP contribution in [0.15, 0.2) is 0 Å². The molecule has 0 saturated carbocycles. The maximum Gasteiger partial charge on any atom is 0.0924 e. The van der Waals surface area contributed by atoms with E-state index in [1.54, 1.807) is 0 Å². The first-order valence-corrected chi connectivity index (χ1v) is 5.19. The fourth-order valence-corrected chi connectivity index (χ4v) is 2.42. The summed E-state index contributed by atoms with van der Waals surface area (Å²) >= 11 is 2.02. The van der Waals surface area contributed by atoms with Gasteiger partial charge < -0.3 is 5.32 Å². The van der Waals surface area contributed by atoms with Gasteiger partial charge in [0.25, 0.3) is 0 Å². The minimum absolute atomic E-state index is 0.0144. The lowest BCUT2D eigenvalue weighted by Crippen LogP contribution is -2.29. The summed E-state index contributed by atoms with van der Waals surface area (Å²) in [6.07, 6.45) is 1.32. The zero-order valence-electron chi connectivity index (χ0n) is 6.84. The molecule has 1 rings (SSSR count). The molecule has 1 saturated heterocycles. The highest BCUT2D eigenvalue weighted by atomic mass is 32.2. The van der Waals surface area contributed by atoms with Gasteiger partial charge in [-0.05, 0) is 37.3 Å². The first kappa shape index (κ1) is 8.89. The van der Waals surface area contributed by atoms with Crippen molar-refractivity contribution in [2.24, 2.45) is 5.92 Å². The molecule has 3 heteroatoms. The molecule has 1 aliphatic rings. The molecule has 2 atom stereocenters. The topological polar surface area (TPSA) is 35.8 Å². The molecule has 0 aromatic heterocycles. The van der Waals surface area contributed by atoms with Crippen LogP contribution in [0.1, 0.15) is 13.3 Å². The van der Waals surface area contributed by atoms with Crippen LogP contribution in [0.4, 0.5) is 0 Å². The van der Waals surface area contributed by atoms with E-state index in [2.05, 4.69) is 11.4 Å². The Morgan fingerprint density at radius 2 is 2.64 bits per heavy atom. The van der Waals surface area contributed by atoms with E-state index < -0.39 is 0 Å². The monoisotopic (exact) mass is 170 g/mol. The Bertz CT molecular complexity index is 147. The van der Waals surface area contributed by atoms with E-state index in [-0.39, 0.29) is 6.04 Å². The molecule has 62 valence electrons. The molecule has 1 N–H and O–H groups in total. The van der Waals surface area contributed by atoms with Crippen LogP contribution in [0, 0.1) is 17.2 Å². The van der Waals surface area contributed by atoms with Gasteiger partial charge in [-0.25, -0.2) is 0 Å². The molecule has 2 unspecified atom stereocenters. The van der Waals surface area contributed by atoms with Gasteiger partial charge in [0.15, 0.2) is 0 Å². The van der Waals surface area contributed by atoms with E-state index in [1.807, 2.05) is 18.7 Å². The van der Waals surface area contributed by atoms with Gasteiger partial charge in [-0.2, -0.15) is 17.0 Å². The van der Waals surface area contributed by atoms with Gasteiger partial charge in [0, 0.05) is 0 Å². The molecule has 0 bridgehead atoms. The summed E-state index contributed by atoms with van der Waals surface area (Å²) in [6.45, 7) is 2.92. The Morgan fingerprint density at radius 1 is 1.82 bits per heavy atom. The Morgan fingerprint density at radius 3 is 3.18 bits per heavy atom. The van der Waals surface area contributed by atoms with Crippen LogP contribution < -0.4 is 5.32 Å². The molecule has 0 aliphatic carbocycles. The van der Waals surface area contributed by atoms with Gasteiger partial charge in [0.1, 0.15) is 0 Å². The van der Waals surface area contributed by atoms with Gasteiger partial charge >= 0.3 is 0 Å². The average molecular weight is 170 g/mol. The highest BCUT2D eigenvalue weighted by molar-refractivity contribution is 7.99. The third-order valence-electron chi connectivity index (χ3n) is 1.93. The quantitative estimate of drug-likeness (QED) is 0.692. The summed E-state index contributed by atoms with van der Waals surface area (Å²) in [5.41, 5.74) is 0. The molecular weight excluding hydrogens is 156 g/mol. The number of hydrogen-bond acceptors (Lipinski definition) is 3. The number of hydrogen-bond donors (Lipinski definition) is 1. The Labute approximate surface area is 72.4 Å². The maximum atomic E-state index is 8.49.